The molecular formula is C18H20F2N4O5S. The highest BCUT2D eigenvalue weighted by atomic mass is 32.2. The number of nitrogens with zero attached hydrogens (tertiary/aromatic N) is 3. The van der Waals surface area contributed by atoms with Crippen molar-refractivity contribution in [3.05, 3.63) is 47.8 Å². The number of primary amides is 1. The fourth-order valence-corrected chi connectivity index (χ4v) is 4.66. The van der Waals surface area contributed by atoms with Gasteiger partial charge < -0.3 is 19.9 Å². The maximum atomic E-state index is 12.8. The molecule has 1 aromatic carbocycles. The van der Waals surface area contributed by atoms with Gasteiger partial charge in [0.2, 0.25) is 10.0 Å². The average molecular weight is 442 g/mol. The molecule has 2 heterocycles. The maximum absolute atomic E-state index is 12.8. The summed E-state index contributed by atoms with van der Waals surface area (Å²) in [6.07, 6.45) is 1.32. The number of benzene rings is 1. The minimum absolute atomic E-state index is 0.0480. The predicted octanol–water partition coefficient (Wildman–Crippen LogP) is 0.872. The molecule has 0 spiro atoms. The van der Waals surface area contributed by atoms with Crippen LogP contribution in [0.4, 0.5) is 8.78 Å². The molecule has 3 rings (SSSR count). The maximum Gasteiger partial charge on any atom is 0.387 e. The molecule has 2 amide bonds. The Morgan fingerprint density at radius 3 is 2.20 bits per heavy atom. The third-order valence-corrected chi connectivity index (χ3v) is 6.59. The summed E-state index contributed by atoms with van der Waals surface area (Å²) in [5.74, 6) is -1.14. The number of hydrogen-bond donors (Lipinski definition) is 1. The molecule has 1 fully saturated rings. The molecule has 12 heteroatoms. The number of hydrogen-bond acceptors (Lipinski definition) is 5. The van der Waals surface area contributed by atoms with E-state index in [1.165, 1.54) is 57.3 Å². The van der Waals surface area contributed by atoms with Crippen LogP contribution in [-0.2, 0) is 17.1 Å². The zero-order valence-corrected chi connectivity index (χ0v) is 16.8. The van der Waals surface area contributed by atoms with E-state index in [-0.39, 0.29) is 54.0 Å². The largest absolute Gasteiger partial charge is 0.435 e. The molecule has 0 saturated carbocycles. The molecular weight excluding hydrogens is 422 g/mol. The number of aryl methyl sites for hydroxylation is 1. The van der Waals surface area contributed by atoms with Gasteiger partial charge in [-0.2, -0.15) is 13.1 Å². The van der Waals surface area contributed by atoms with Crippen molar-refractivity contribution >= 4 is 21.8 Å². The number of nitrogens with two attached hydrogens (primary N) is 1. The first-order valence-corrected chi connectivity index (χ1v) is 10.3. The molecule has 0 radical (unpaired) electrons. The number of rotatable bonds is 6. The molecule has 1 aliphatic rings. The van der Waals surface area contributed by atoms with Crippen molar-refractivity contribution in [1.82, 2.24) is 13.8 Å². The second-order valence-corrected chi connectivity index (χ2v) is 8.57. The highest BCUT2D eigenvalue weighted by molar-refractivity contribution is 7.89. The number of halogens is 2. The van der Waals surface area contributed by atoms with Gasteiger partial charge >= 0.3 is 6.61 Å². The third-order valence-electron chi connectivity index (χ3n) is 4.72. The number of amides is 2. The first-order chi connectivity index (χ1) is 14.1. The van der Waals surface area contributed by atoms with E-state index in [1.54, 1.807) is 0 Å². The standard InChI is InChI=1S/C18H20F2N4O5S/c1-22-11-14(10-15(22)16(21)25)30(27,28)24-8-6-23(7-9-24)17(26)12-2-4-13(5-3-12)29-18(19)20/h2-5,10-11,18H,6-9H2,1H3,(H2,21,25). The number of alkyl halides is 2. The molecule has 9 nitrogen and oxygen atoms in total. The van der Waals surface area contributed by atoms with Crippen LogP contribution in [0.15, 0.2) is 41.4 Å². The summed E-state index contributed by atoms with van der Waals surface area (Å²) in [4.78, 5) is 25.4. The van der Waals surface area contributed by atoms with Crippen molar-refractivity contribution in [2.45, 2.75) is 11.5 Å². The Morgan fingerprint density at radius 1 is 1.10 bits per heavy atom. The van der Waals surface area contributed by atoms with E-state index < -0.39 is 22.5 Å². The van der Waals surface area contributed by atoms with Crippen molar-refractivity contribution in [3.63, 3.8) is 0 Å². The van der Waals surface area contributed by atoms with Gasteiger partial charge in [0, 0.05) is 45.0 Å². The Bertz CT molecular complexity index is 1050. The molecule has 0 bridgehead atoms. The summed E-state index contributed by atoms with van der Waals surface area (Å²) in [6.45, 7) is -2.50. The van der Waals surface area contributed by atoms with Gasteiger partial charge in [0.1, 0.15) is 16.3 Å². The number of piperazine rings is 1. The molecule has 1 aromatic heterocycles. The molecule has 2 aromatic rings. The molecule has 2 N–H and O–H groups in total. The molecule has 30 heavy (non-hydrogen) atoms. The minimum atomic E-state index is -3.85. The summed E-state index contributed by atoms with van der Waals surface area (Å²) in [7, 11) is -2.33. The molecule has 0 unspecified atom stereocenters. The zero-order chi connectivity index (χ0) is 22.1. The Balaban J connectivity index is 1.66. The normalized spacial score (nSPS) is 15.4. The third kappa shape index (κ3) is 4.44. The molecule has 0 aliphatic carbocycles. The predicted molar refractivity (Wildman–Crippen MR) is 102 cm³/mol. The number of carbonyl (C=O) groups excluding carboxylic acids is 2. The van der Waals surface area contributed by atoms with Gasteiger partial charge in [0.25, 0.3) is 11.8 Å². The average Bonchev–Trinajstić information content (AvgIpc) is 3.10. The number of aromatic nitrogens is 1. The topological polar surface area (TPSA) is 115 Å². The van der Waals surface area contributed by atoms with Crippen molar-refractivity contribution in [3.8, 4) is 5.75 Å². The summed E-state index contributed by atoms with van der Waals surface area (Å²) in [6, 6.07) is 6.51. The fourth-order valence-electron chi connectivity index (χ4n) is 3.16. The molecule has 162 valence electrons. The summed E-state index contributed by atoms with van der Waals surface area (Å²) in [5, 5.41) is 0. The van der Waals surface area contributed by atoms with Gasteiger partial charge in [-0.05, 0) is 30.3 Å². The van der Waals surface area contributed by atoms with Crippen LogP contribution in [0.5, 0.6) is 5.75 Å². The summed E-state index contributed by atoms with van der Waals surface area (Å²) in [5.41, 5.74) is 5.58. The van der Waals surface area contributed by atoms with Crippen molar-refractivity contribution < 1.29 is 31.5 Å². The van der Waals surface area contributed by atoms with Crippen molar-refractivity contribution in [2.75, 3.05) is 26.2 Å². The Kier molecular flexibility index (Phi) is 6.08. The van der Waals surface area contributed by atoms with Crippen LogP contribution >= 0.6 is 0 Å². The lowest BCUT2D eigenvalue weighted by Crippen LogP contribution is -2.50. The second-order valence-electron chi connectivity index (χ2n) is 6.64. The lowest BCUT2D eigenvalue weighted by atomic mass is 10.2. The van der Waals surface area contributed by atoms with Crippen LogP contribution in [0, 0.1) is 0 Å². The van der Waals surface area contributed by atoms with Crippen LogP contribution in [-0.4, -0.2) is 66.8 Å². The van der Waals surface area contributed by atoms with E-state index in [2.05, 4.69) is 4.74 Å². The van der Waals surface area contributed by atoms with Gasteiger partial charge in [-0.25, -0.2) is 8.42 Å². The van der Waals surface area contributed by atoms with Crippen LogP contribution in [0.2, 0.25) is 0 Å². The van der Waals surface area contributed by atoms with Gasteiger partial charge in [-0.15, -0.1) is 0 Å². The number of carbonyl (C=O) groups is 2. The molecule has 0 atom stereocenters. The zero-order valence-electron chi connectivity index (χ0n) is 16.0. The quantitative estimate of drug-likeness (QED) is 0.713. The smallest absolute Gasteiger partial charge is 0.387 e. The molecule has 1 saturated heterocycles. The number of ether oxygens (including phenoxy) is 1. The SMILES string of the molecule is Cn1cc(S(=O)(=O)N2CCN(C(=O)c3ccc(OC(F)F)cc3)CC2)cc1C(N)=O. The van der Waals surface area contributed by atoms with E-state index in [9.17, 15) is 26.8 Å². The fraction of sp³-hybridized carbons (Fsp3) is 0.333. The van der Waals surface area contributed by atoms with E-state index in [1.807, 2.05) is 0 Å². The Morgan fingerprint density at radius 2 is 1.70 bits per heavy atom. The highest BCUT2D eigenvalue weighted by Gasteiger charge is 2.31. The first-order valence-electron chi connectivity index (χ1n) is 8.90. The first kappa shape index (κ1) is 21.7. The summed E-state index contributed by atoms with van der Waals surface area (Å²) < 4.78 is 56.9. The van der Waals surface area contributed by atoms with Crippen LogP contribution in [0.25, 0.3) is 0 Å². The Labute approximate surface area is 171 Å². The lowest BCUT2D eigenvalue weighted by molar-refractivity contribution is -0.0498. The van der Waals surface area contributed by atoms with Crippen LogP contribution in [0.1, 0.15) is 20.8 Å². The van der Waals surface area contributed by atoms with E-state index in [4.69, 9.17) is 5.73 Å². The minimum Gasteiger partial charge on any atom is -0.435 e. The van der Waals surface area contributed by atoms with Crippen LogP contribution < -0.4 is 10.5 Å². The van der Waals surface area contributed by atoms with Gasteiger partial charge in [0.15, 0.2) is 0 Å². The number of sulfonamides is 1. The monoisotopic (exact) mass is 442 g/mol. The highest BCUT2D eigenvalue weighted by Crippen LogP contribution is 2.21. The van der Waals surface area contributed by atoms with E-state index in [0.717, 1.165) is 0 Å². The van der Waals surface area contributed by atoms with Gasteiger partial charge in [0.05, 0.1) is 0 Å². The van der Waals surface area contributed by atoms with Crippen molar-refractivity contribution in [2.24, 2.45) is 12.8 Å². The Hall–Kier alpha value is -2.99. The van der Waals surface area contributed by atoms with Crippen molar-refractivity contribution in [1.29, 1.82) is 0 Å². The van der Waals surface area contributed by atoms with E-state index in [0.29, 0.717) is 0 Å². The lowest BCUT2D eigenvalue weighted by Gasteiger charge is -2.33. The van der Waals surface area contributed by atoms with E-state index >= 15 is 0 Å². The second kappa shape index (κ2) is 8.40. The summed E-state index contributed by atoms with van der Waals surface area (Å²) >= 11 is 0. The molecule has 1 aliphatic heterocycles. The van der Waals surface area contributed by atoms with Gasteiger partial charge in [-0.3, -0.25) is 9.59 Å². The van der Waals surface area contributed by atoms with Gasteiger partial charge in [-0.1, -0.05) is 0 Å². The van der Waals surface area contributed by atoms with Crippen LogP contribution in [0.3, 0.4) is 0 Å².